The third-order valence-electron chi connectivity index (χ3n) is 10.5. The van der Waals surface area contributed by atoms with Crippen molar-refractivity contribution in [2.45, 2.75) is 25.3 Å². The van der Waals surface area contributed by atoms with Gasteiger partial charge in [0.2, 0.25) is 0 Å². The van der Waals surface area contributed by atoms with Crippen molar-refractivity contribution in [3.05, 3.63) is 174 Å². The van der Waals surface area contributed by atoms with Crippen LogP contribution in [0.2, 0.25) is 0 Å². The lowest BCUT2D eigenvalue weighted by molar-refractivity contribution is 0.630. The van der Waals surface area contributed by atoms with E-state index in [0.29, 0.717) is 0 Å². The van der Waals surface area contributed by atoms with Crippen LogP contribution < -0.4 is 10.6 Å². The summed E-state index contributed by atoms with van der Waals surface area (Å²) in [4.78, 5) is 5.07. The number of nitrogens with zero attached hydrogens (tertiary/aromatic N) is 1. The summed E-state index contributed by atoms with van der Waals surface area (Å²) in [6.07, 6.45) is 11.9. The molecule has 2 aliphatic carbocycles. The highest BCUT2D eigenvalue weighted by Crippen LogP contribution is 2.53. The molecule has 0 radical (unpaired) electrons. The highest BCUT2D eigenvalue weighted by molar-refractivity contribution is 6.16. The van der Waals surface area contributed by atoms with E-state index in [0.717, 1.165) is 79.7 Å². The van der Waals surface area contributed by atoms with Gasteiger partial charge in [-0.25, -0.2) is 0 Å². The first-order valence-corrected chi connectivity index (χ1v) is 17.9. The first-order chi connectivity index (χ1) is 25.6. The Kier molecular flexibility index (Phi) is 7.85. The third-order valence-corrected chi connectivity index (χ3v) is 10.5. The molecule has 1 unspecified atom stereocenters. The summed E-state index contributed by atoms with van der Waals surface area (Å²) in [6.45, 7) is 2.17. The number of rotatable bonds is 8. The average Bonchev–Trinajstić information content (AvgIpc) is 3.43. The largest absolute Gasteiger partial charge is 0.355 e. The Morgan fingerprint density at radius 1 is 0.615 bits per heavy atom. The zero-order valence-electron chi connectivity index (χ0n) is 29.0. The molecule has 0 bridgehead atoms. The quantitative estimate of drug-likeness (QED) is 0.111. The van der Waals surface area contributed by atoms with Gasteiger partial charge in [0, 0.05) is 51.4 Å². The summed E-state index contributed by atoms with van der Waals surface area (Å²) in [5.74, 6) is 0. The van der Waals surface area contributed by atoms with Crippen LogP contribution in [-0.4, -0.2) is 12.4 Å². The predicted molar refractivity (Wildman–Crippen MR) is 222 cm³/mol. The van der Waals surface area contributed by atoms with Crippen LogP contribution in [0.1, 0.15) is 36.5 Å². The maximum atomic E-state index is 7.86. The van der Waals surface area contributed by atoms with E-state index in [9.17, 15) is 0 Å². The fourth-order valence-electron chi connectivity index (χ4n) is 8.01. The molecular formula is C48H38N4. The fourth-order valence-corrected chi connectivity index (χ4v) is 8.01. The summed E-state index contributed by atoms with van der Waals surface area (Å²) < 4.78 is 0. The van der Waals surface area contributed by atoms with Crippen LogP contribution in [0.4, 0.5) is 22.7 Å². The molecular weight excluding hydrogens is 633 g/mol. The highest BCUT2D eigenvalue weighted by Gasteiger charge is 2.39. The van der Waals surface area contributed by atoms with Gasteiger partial charge in [0.1, 0.15) is 5.54 Å². The number of allylic oxidation sites excluding steroid dienone is 4. The van der Waals surface area contributed by atoms with E-state index in [1.54, 1.807) is 6.21 Å². The maximum absolute atomic E-state index is 7.86. The van der Waals surface area contributed by atoms with Gasteiger partial charge in [-0.05, 0) is 106 Å². The normalized spacial score (nSPS) is 16.1. The second-order valence-electron chi connectivity index (χ2n) is 13.7. The van der Waals surface area contributed by atoms with Gasteiger partial charge in [-0.2, -0.15) is 0 Å². The van der Waals surface area contributed by atoms with Gasteiger partial charge in [-0.3, -0.25) is 4.99 Å². The molecule has 7 aromatic rings. The molecule has 0 fully saturated rings. The SMILES string of the molecule is CC1(N=CC=N)c2cc(Nc3ccccc3-c3ccccc3)ccc2-c2cc3c(Nc4ccccc4C4=CCCC=C4)c4ccccc4cc3cc21. The minimum Gasteiger partial charge on any atom is -0.355 e. The second-order valence-corrected chi connectivity index (χ2v) is 13.7. The van der Waals surface area contributed by atoms with Gasteiger partial charge in [0.05, 0.1) is 5.69 Å². The Balaban J connectivity index is 1.20. The number of aliphatic imine (C=N–C) groups is 1. The van der Waals surface area contributed by atoms with E-state index >= 15 is 0 Å². The van der Waals surface area contributed by atoms with Gasteiger partial charge in [-0.15, -0.1) is 0 Å². The second kappa shape index (κ2) is 13.0. The Hall–Kier alpha value is -6.52. The molecule has 4 heteroatoms. The van der Waals surface area contributed by atoms with Crippen LogP contribution >= 0.6 is 0 Å². The minimum atomic E-state index is -0.682. The lowest BCUT2D eigenvalue weighted by Gasteiger charge is -2.24. The van der Waals surface area contributed by atoms with Crippen LogP contribution in [0, 0.1) is 5.41 Å². The van der Waals surface area contributed by atoms with Crippen LogP contribution in [0.15, 0.2) is 163 Å². The maximum Gasteiger partial charge on any atom is 0.109 e. The molecule has 0 aliphatic heterocycles. The third kappa shape index (κ3) is 5.41. The number of anilines is 4. The number of hydrogen-bond acceptors (Lipinski definition) is 4. The van der Waals surface area contributed by atoms with Crippen molar-refractivity contribution in [3.63, 3.8) is 0 Å². The molecule has 0 saturated carbocycles. The molecule has 0 saturated heterocycles. The Bertz CT molecular complexity index is 2610. The summed E-state index contributed by atoms with van der Waals surface area (Å²) in [7, 11) is 0. The van der Waals surface area contributed by atoms with Gasteiger partial charge in [0.15, 0.2) is 0 Å². The summed E-state index contributed by atoms with van der Waals surface area (Å²) >= 11 is 0. The van der Waals surface area contributed by atoms with Crippen molar-refractivity contribution in [3.8, 4) is 22.3 Å². The Morgan fingerprint density at radius 3 is 2.15 bits per heavy atom. The molecule has 4 nitrogen and oxygen atoms in total. The summed E-state index contributed by atoms with van der Waals surface area (Å²) in [6, 6.07) is 49.8. The van der Waals surface area contributed by atoms with E-state index < -0.39 is 5.54 Å². The molecule has 1 atom stereocenters. The van der Waals surface area contributed by atoms with E-state index in [-0.39, 0.29) is 0 Å². The lowest BCUT2D eigenvalue weighted by Crippen LogP contribution is -2.18. The zero-order chi connectivity index (χ0) is 35.1. The molecule has 0 spiro atoms. The fraction of sp³-hybridized carbons (Fsp3) is 0.0833. The molecule has 3 N–H and O–H groups in total. The van der Waals surface area contributed by atoms with E-state index in [1.165, 1.54) is 28.1 Å². The standard InChI is InChI=1S/C48H38N4/c1-48(50-27-26-49)43-29-35-28-34-18-8-9-21-39(34)47(52-46-23-13-11-20-38(46)33-16-6-3-7-17-33)41(35)31-42(43)40-25-24-36(30-44(40)48)51-45-22-12-10-19-37(45)32-14-4-2-5-15-32/h2,4-6,8-31,49,51-52H,3,7H2,1H3. The van der Waals surface area contributed by atoms with Crippen molar-refractivity contribution < 1.29 is 0 Å². The van der Waals surface area contributed by atoms with Crippen LogP contribution in [0.5, 0.6) is 0 Å². The van der Waals surface area contributed by atoms with Crippen molar-refractivity contribution in [2.75, 3.05) is 10.6 Å². The lowest BCUT2D eigenvalue weighted by atomic mass is 9.88. The Morgan fingerprint density at radius 2 is 1.35 bits per heavy atom. The minimum absolute atomic E-state index is 0.682. The van der Waals surface area contributed by atoms with E-state index in [2.05, 4.69) is 169 Å². The molecule has 0 heterocycles. The first-order valence-electron chi connectivity index (χ1n) is 17.9. The van der Waals surface area contributed by atoms with Gasteiger partial charge in [-0.1, -0.05) is 115 Å². The molecule has 7 aromatic carbocycles. The van der Waals surface area contributed by atoms with Crippen LogP contribution in [0.25, 0.3) is 49.4 Å². The molecule has 0 amide bonds. The number of nitrogens with one attached hydrogen (secondary N) is 3. The van der Waals surface area contributed by atoms with Crippen LogP contribution in [0.3, 0.4) is 0 Å². The van der Waals surface area contributed by atoms with E-state index in [4.69, 9.17) is 10.4 Å². The van der Waals surface area contributed by atoms with Crippen molar-refractivity contribution in [2.24, 2.45) is 4.99 Å². The van der Waals surface area contributed by atoms with Gasteiger partial charge >= 0.3 is 0 Å². The smallest absolute Gasteiger partial charge is 0.109 e. The average molecular weight is 671 g/mol. The summed E-state index contributed by atoms with van der Waals surface area (Å²) in [5, 5.41) is 20.2. The van der Waals surface area contributed by atoms with Crippen molar-refractivity contribution in [1.29, 1.82) is 5.41 Å². The van der Waals surface area contributed by atoms with Gasteiger partial charge < -0.3 is 16.0 Å². The number of benzene rings is 7. The van der Waals surface area contributed by atoms with E-state index in [1.807, 2.05) is 6.07 Å². The highest BCUT2D eigenvalue weighted by atomic mass is 14.9. The van der Waals surface area contributed by atoms with Crippen LogP contribution in [-0.2, 0) is 5.54 Å². The molecule has 9 rings (SSSR count). The topological polar surface area (TPSA) is 60.3 Å². The predicted octanol–water partition coefficient (Wildman–Crippen LogP) is 12.8. The van der Waals surface area contributed by atoms with Crippen molar-refractivity contribution in [1.82, 2.24) is 0 Å². The first kappa shape index (κ1) is 31.5. The number of hydrogen-bond donors (Lipinski definition) is 3. The molecule has 2 aliphatic rings. The monoisotopic (exact) mass is 670 g/mol. The molecule has 0 aromatic heterocycles. The number of fused-ring (bicyclic) bond motifs is 5. The molecule has 52 heavy (non-hydrogen) atoms. The number of para-hydroxylation sites is 2. The Labute approximate surface area is 304 Å². The summed E-state index contributed by atoms with van der Waals surface area (Å²) in [5.41, 5.74) is 12.9. The van der Waals surface area contributed by atoms with Gasteiger partial charge in [0.25, 0.3) is 0 Å². The van der Waals surface area contributed by atoms with Crippen molar-refractivity contribution >= 4 is 62.3 Å². The molecule has 250 valence electrons. The zero-order valence-corrected chi connectivity index (χ0v) is 29.0.